The number of methoxy groups -OCH3 is 1. The summed E-state index contributed by atoms with van der Waals surface area (Å²) in [4.78, 5) is 13.5. The molecule has 1 saturated carbocycles. The van der Waals surface area contributed by atoms with Crippen molar-refractivity contribution in [1.82, 2.24) is 15.0 Å². The van der Waals surface area contributed by atoms with Crippen LogP contribution in [0.4, 0.5) is 0 Å². The topological polar surface area (TPSA) is 47.9 Å². The number of halogens is 2. The molecule has 0 saturated heterocycles. The number of pyridine rings is 1. The monoisotopic (exact) mass is 415 g/mol. The van der Waals surface area contributed by atoms with E-state index in [9.17, 15) is 0 Å². The van der Waals surface area contributed by atoms with Gasteiger partial charge in [-0.15, -0.1) is 0 Å². The van der Waals surface area contributed by atoms with E-state index in [1.54, 1.807) is 13.2 Å². The van der Waals surface area contributed by atoms with Crippen molar-refractivity contribution in [2.24, 2.45) is 0 Å². The van der Waals surface area contributed by atoms with E-state index in [4.69, 9.17) is 21.3 Å². The van der Waals surface area contributed by atoms with Crippen LogP contribution in [0.3, 0.4) is 0 Å². The summed E-state index contributed by atoms with van der Waals surface area (Å²) in [6, 6.07) is 5.56. The molecule has 0 aliphatic heterocycles. The first-order valence-electron chi connectivity index (χ1n) is 6.93. The van der Waals surface area contributed by atoms with Crippen LogP contribution in [0.25, 0.3) is 11.5 Å². The lowest BCUT2D eigenvalue weighted by Crippen LogP contribution is -2.05. The van der Waals surface area contributed by atoms with E-state index in [0.717, 1.165) is 9.26 Å². The van der Waals surface area contributed by atoms with Crippen LogP contribution in [0, 0.1) is 3.57 Å². The van der Waals surface area contributed by atoms with Crippen LogP contribution in [-0.2, 0) is 0 Å². The van der Waals surface area contributed by atoms with Gasteiger partial charge in [0.05, 0.1) is 16.4 Å². The van der Waals surface area contributed by atoms with Gasteiger partial charge in [-0.25, -0.2) is 15.0 Å². The van der Waals surface area contributed by atoms with E-state index < -0.39 is 0 Å². The first-order chi connectivity index (χ1) is 10.2. The van der Waals surface area contributed by atoms with Gasteiger partial charge in [0.1, 0.15) is 10.8 Å². The minimum absolute atomic E-state index is 0.488. The van der Waals surface area contributed by atoms with Crippen LogP contribution in [0.2, 0.25) is 5.15 Å². The number of hydrogen-bond acceptors (Lipinski definition) is 4. The summed E-state index contributed by atoms with van der Waals surface area (Å²) in [6.07, 6.45) is 4.87. The number of nitrogens with zero attached hydrogens (tertiary/aromatic N) is 3. The summed E-state index contributed by atoms with van der Waals surface area (Å²) >= 11 is 8.55. The Hall–Kier alpha value is -0.950. The molecule has 0 spiro atoms. The van der Waals surface area contributed by atoms with Gasteiger partial charge in [-0.1, -0.05) is 30.5 Å². The average Bonchev–Trinajstić information content (AvgIpc) is 3.04. The summed E-state index contributed by atoms with van der Waals surface area (Å²) in [5.74, 6) is 1.61. The van der Waals surface area contributed by atoms with Crippen molar-refractivity contribution in [1.29, 1.82) is 0 Å². The maximum Gasteiger partial charge on any atom is 0.213 e. The van der Waals surface area contributed by atoms with Crippen LogP contribution < -0.4 is 4.74 Å². The first-order valence-corrected chi connectivity index (χ1v) is 8.39. The number of hydrogen-bond donors (Lipinski definition) is 0. The maximum absolute atomic E-state index is 6.30. The Labute approximate surface area is 142 Å². The molecule has 2 aromatic rings. The van der Waals surface area contributed by atoms with E-state index in [0.29, 0.717) is 28.5 Å². The Morgan fingerprint density at radius 2 is 1.95 bits per heavy atom. The second-order valence-electron chi connectivity index (χ2n) is 5.08. The maximum atomic E-state index is 6.30. The third-order valence-corrected chi connectivity index (χ3v) is 5.40. The Morgan fingerprint density at radius 1 is 1.19 bits per heavy atom. The SMILES string of the molecule is COc1cccc(-c2nc(Cl)c(I)c(C3CCCC3)n2)n1. The fourth-order valence-corrected chi connectivity index (χ4v) is 3.53. The normalized spacial score (nSPS) is 15.4. The smallest absolute Gasteiger partial charge is 0.213 e. The molecule has 2 aromatic heterocycles. The molecule has 2 heterocycles. The number of ether oxygens (including phenoxy) is 1. The summed E-state index contributed by atoms with van der Waals surface area (Å²) in [5, 5.41) is 0.507. The van der Waals surface area contributed by atoms with Crippen LogP contribution >= 0.6 is 34.2 Å². The lowest BCUT2D eigenvalue weighted by molar-refractivity contribution is 0.398. The van der Waals surface area contributed by atoms with Crippen LogP contribution in [0.1, 0.15) is 37.3 Å². The van der Waals surface area contributed by atoms with Gasteiger partial charge in [-0.3, -0.25) is 0 Å². The lowest BCUT2D eigenvalue weighted by atomic mass is 10.0. The second-order valence-corrected chi connectivity index (χ2v) is 6.52. The highest BCUT2D eigenvalue weighted by Gasteiger charge is 2.24. The molecule has 0 unspecified atom stereocenters. The van der Waals surface area contributed by atoms with Crippen molar-refractivity contribution in [3.8, 4) is 17.4 Å². The summed E-state index contributed by atoms with van der Waals surface area (Å²) in [6.45, 7) is 0. The summed E-state index contributed by atoms with van der Waals surface area (Å²) in [7, 11) is 1.60. The third-order valence-electron chi connectivity index (χ3n) is 3.74. The molecule has 110 valence electrons. The Morgan fingerprint density at radius 3 is 2.67 bits per heavy atom. The molecule has 0 amide bonds. The van der Waals surface area contributed by atoms with Crippen molar-refractivity contribution in [3.63, 3.8) is 0 Å². The summed E-state index contributed by atoms with van der Waals surface area (Å²) < 4.78 is 6.12. The van der Waals surface area contributed by atoms with Crippen LogP contribution in [0.5, 0.6) is 5.88 Å². The zero-order chi connectivity index (χ0) is 14.8. The molecule has 1 fully saturated rings. The van der Waals surface area contributed by atoms with Gasteiger partial charge in [0, 0.05) is 12.0 Å². The molecule has 0 N–H and O–H groups in total. The average molecular weight is 416 g/mol. The molecule has 6 heteroatoms. The van der Waals surface area contributed by atoms with E-state index in [1.807, 2.05) is 12.1 Å². The fourth-order valence-electron chi connectivity index (χ4n) is 2.67. The zero-order valence-electron chi connectivity index (χ0n) is 11.6. The van der Waals surface area contributed by atoms with Gasteiger partial charge in [0.25, 0.3) is 0 Å². The predicted molar refractivity (Wildman–Crippen MR) is 90.8 cm³/mol. The molecule has 3 rings (SSSR count). The van der Waals surface area contributed by atoms with Crippen LogP contribution in [-0.4, -0.2) is 22.1 Å². The Kier molecular flexibility index (Phi) is 4.59. The Bertz CT molecular complexity index is 659. The van der Waals surface area contributed by atoms with E-state index in [2.05, 4.69) is 32.6 Å². The lowest BCUT2D eigenvalue weighted by Gasteiger charge is -2.13. The quantitative estimate of drug-likeness (QED) is 0.548. The molecular weight excluding hydrogens is 401 g/mol. The van der Waals surface area contributed by atoms with Gasteiger partial charge in [0.15, 0.2) is 5.82 Å². The molecule has 1 aliphatic rings. The predicted octanol–water partition coefficient (Wildman–Crippen LogP) is 4.46. The highest BCUT2D eigenvalue weighted by Crippen LogP contribution is 2.37. The van der Waals surface area contributed by atoms with E-state index >= 15 is 0 Å². The van der Waals surface area contributed by atoms with Crippen molar-refractivity contribution in [3.05, 3.63) is 32.6 Å². The highest BCUT2D eigenvalue weighted by atomic mass is 127. The van der Waals surface area contributed by atoms with Gasteiger partial charge < -0.3 is 4.74 Å². The van der Waals surface area contributed by atoms with E-state index in [1.165, 1.54) is 25.7 Å². The van der Waals surface area contributed by atoms with Crippen molar-refractivity contribution >= 4 is 34.2 Å². The number of rotatable bonds is 3. The highest BCUT2D eigenvalue weighted by molar-refractivity contribution is 14.1. The van der Waals surface area contributed by atoms with Gasteiger partial charge >= 0.3 is 0 Å². The molecule has 0 radical (unpaired) electrons. The first kappa shape index (κ1) is 15.0. The molecule has 1 aliphatic carbocycles. The van der Waals surface area contributed by atoms with Gasteiger partial charge in [-0.05, 0) is 41.5 Å². The van der Waals surface area contributed by atoms with Gasteiger partial charge in [0.2, 0.25) is 5.88 Å². The third kappa shape index (κ3) is 3.13. The van der Waals surface area contributed by atoms with Crippen molar-refractivity contribution in [2.75, 3.05) is 7.11 Å². The fraction of sp³-hybridized carbons (Fsp3) is 0.400. The minimum Gasteiger partial charge on any atom is -0.481 e. The molecule has 0 bridgehead atoms. The molecule has 21 heavy (non-hydrogen) atoms. The largest absolute Gasteiger partial charge is 0.481 e. The molecule has 0 aromatic carbocycles. The minimum atomic E-state index is 0.488. The summed E-state index contributed by atoms with van der Waals surface area (Å²) in [5.41, 5.74) is 1.75. The standard InChI is InChI=1S/C15H15ClIN3O/c1-21-11-8-4-7-10(18-11)15-19-13(9-5-2-3-6-9)12(17)14(16)20-15/h4,7-9H,2-3,5-6H2,1H3. The van der Waals surface area contributed by atoms with Crippen molar-refractivity contribution in [2.45, 2.75) is 31.6 Å². The molecule has 0 atom stereocenters. The second kappa shape index (κ2) is 6.44. The number of aromatic nitrogens is 3. The zero-order valence-corrected chi connectivity index (χ0v) is 14.6. The van der Waals surface area contributed by atoms with Crippen molar-refractivity contribution < 1.29 is 4.74 Å². The van der Waals surface area contributed by atoms with E-state index in [-0.39, 0.29) is 0 Å². The Balaban J connectivity index is 2.06. The molecular formula is C15H15ClIN3O. The van der Waals surface area contributed by atoms with Crippen LogP contribution in [0.15, 0.2) is 18.2 Å². The van der Waals surface area contributed by atoms with Gasteiger partial charge in [-0.2, -0.15) is 0 Å². The molecule has 4 nitrogen and oxygen atoms in total.